The van der Waals surface area contributed by atoms with Crippen LogP contribution in [0.1, 0.15) is 60.6 Å². The van der Waals surface area contributed by atoms with Crippen LogP contribution in [0.3, 0.4) is 0 Å². The van der Waals surface area contributed by atoms with E-state index in [2.05, 4.69) is 107 Å². The zero-order valence-electron chi connectivity index (χ0n) is 23.1. The van der Waals surface area contributed by atoms with Gasteiger partial charge in [0, 0.05) is 11.5 Å². The Kier molecular flexibility index (Phi) is 6.06. The number of benzene rings is 3. The van der Waals surface area contributed by atoms with Crippen molar-refractivity contribution in [3.05, 3.63) is 125 Å². The zero-order valence-corrected chi connectivity index (χ0v) is 23.1. The lowest BCUT2D eigenvalue weighted by atomic mass is 9.85. The number of nitrogens with one attached hydrogen (secondary N) is 3. The van der Waals surface area contributed by atoms with Crippen molar-refractivity contribution in [2.45, 2.75) is 50.4 Å². The fraction of sp³-hybridized carbons (Fsp3) is 0.243. The van der Waals surface area contributed by atoms with E-state index >= 15 is 0 Å². The first-order chi connectivity index (χ1) is 20.3. The highest BCUT2D eigenvalue weighted by molar-refractivity contribution is 5.90. The first-order valence-corrected chi connectivity index (χ1v) is 15.0. The lowest BCUT2D eigenvalue weighted by Crippen LogP contribution is -2.31. The average Bonchev–Trinajstić information content (AvgIpc) is 3.49. The molecule has 4 heteroatoms. The Morgan fingerprint density at radius 2 is 1.59 bits per heavy atom. The first kappa shape index (κ1) is 24.4. The molecule has 0 aromatic heterocycles. The van der Waals surface area contributed by atoms with E-state index in [0.29, 0.717) is 12.0 Å². The van der Waals surface area contributed by atoms with Gasteiger partial charge in [0.2, 0.25) is 0 Å². The standard InChI is InChI=1S/C37H35N3O/c1-3-7-25(8-4-1)31-20-17-27-15-16-28-18-21-32(39-36(28)35(27)38-31)26-13-11-24(12-14-26)30-19-22-33-34(23-30)41-37(40-33)29-9-5-2-6-10-29/h2,5-7,9-13,15-23,26,31-32,37-40H,1,3-4,8,14H2. The number of allylic oxidation sites excluding steroid dienone is 4. The van der Waals surface area contributed by atoms with E-state index in [4.69, 9.17) is 4.74 Å². The van der Waals surface area contributed by atoms with Gasteiger partial charge in [0.1, 0.15) is 5.75 Å². The smallest absolute Gasteiger partial charge is 0.196 e. The van der Waals surface area contributed by atoms with Crippen molar-refractivity contribution in [3.8, 4) is 5.75 Å². The topological polar surface area (TPSA) is 45.3 Å². The van der Waals surface area contributed by atoms with Gasteiger partial charge in [0.15, 0.2) is 6.23 Å². The van der Waals surface area contributed by atoms with Crippen molar-refractivity contribution in [2.24, 2.45) is 5.92 Å². The van der Waals surface area contributed by atoms with Crippen LogP contribution in [0.5, 0.6) is 5.75 Å². The predicted molar refractivity (Wildman–Crippen MR) is 171 cm³/mol. The number of hydrogen-bond acceptors (Lipinski definition) is 4. The molecule has 3 aliphatic heterocycles. The second-order valence-corrected chi connectivity index (χ2v) is 11.7. The molecule has 0 radical (unpaired) electrons. The molecule has 0 spiro atoms. The van der Waals surface area contributed by atoms with Gasteiger partial charge in [-0.15, -0.1) is 0 Å². The SMILES string of the molecule is C1=CC(C2C=Cc3ccc4c(c3N2)NC(C2=CCCCC2)C=C4)CC=C1c1ccc2c(c1)OC(c1ccccc1)N2. The van der Waals surface area contributed by atoms with Gasteiger partial charge in [0.05, 0.1) is 29.1 Å². The maximum atomic E-state index is 6.27. The Morgan fingerprint density at radius 3 is 2.39 bits per heavy atom. The summed E-state index contributed by atoms with van der Waals surface area (Å²) in [5.41, 5.74) is 11.2. The van der Waals surface area contributed by atoms with Gasteiger partial charge in [-0.1, -0.05) is 97.1 Å². The van der Waals surface area contributed by atoms with Crippen LogP contribution in [-0.2, 0) is 0 Å². The van der Waals surface area contributed by atoms with E-state index in [-0.39, 0.29) is 12.3 Å². The highest BCUT2D eigenvalue weighted by Crippen LogP contribution is 2.42. The van der Waals surface area contributed by atoms with Crippen LogP contribution >= 0.6 is 0 Å². The van der Waals surface area contributed by atoms with Crippen LogP contribution in [0.4, 0.5) is 17.1 Å². The summed E-state index contributed by atoms with van der Waals surface area (Å²) in [6.45, 7) is 0. The molecular weight excluding hydrogens is 502 g/mol. The molecule has 2 aliphatic carbocycles. The molecule has 3 N–H and O–H groups in total. The highest BCUT2D eigenvalue weighted by Gasteiger charge is 2.28. The summed E-state index contributed by atoms with van der Waals surface area (Å²) in [5.74, 6) is 1.31. The van der Waals surface area contributed by atoms with Gasteiger partial charge < -0.3 is 20.7 Å². The first-order valence-electron chi connectivity index (χ1n) is 15.0. The maximum Gasteiger partial charge on any atom is 0.196 e. The van der Waals surface area contributed by atoms with Crippen molar-refractivity contribution >= 4 is 34.8 Å². The lowest BCUT2D eigenvalue weighted by Gasteiger charge is -2.34. The molecule has 0 saturated heterocycles. The second kappa shape index (κ2) is 10.2. The number of hydrogen-bond donors (Lipinski definition) is 3. The van der Waals surface area contributed by atoms with Crippen LogP contribution in [0, 0.1) is 5.92 Å². The highest BCUT2D eigenvalue weighted by atomic mass is 16.5. The van der Waals surface area contributed by atoms with E-state index in [1.807, 2.05) is 18.2 Å². The largest absolute Gasteiger partial charge is 0.464 e. The molecule has 4 nitrogen and oxygen atoms in total. The molecule has 3 heterocycles. The van der Waals surface area contributed by atoms with Crippen LogP contribution in [0.15, 0.2) is 103 Å². The quantitative estimate of drug-likeness (QED) is 0.291. The Morgan fingerprint density at radius 1 is 0.732 bits per heavy atom. The molecular formula is C37H35N3O. The number of ether oxygens (including phenoxy) is 1. The van der Waals surface area contributed by atoms with E-state index < -0.39 is 0 Å². The molecule has 0 saturated carbocycles. The van der Waals surface area contributed by atoms with E-state index in [0.717, 1.165) is 23.4 Å². The number of anilines is 3. The predicted octanol–water partition coefficient (Wildman–Crippen LogP) is 8.96. The molecule has 0 bridgehead atoms. The molecule has 204 valence electrons. The van der Waals surface area contributed by atoms with E-state index in [1.54, 1.807) is 0 Å². The number of rotatable bonds is 4. The van der Waals surface area contributed by atoms with Crippen LogP contribution < -0.4 is 20.7 Å². The van der Waals surface area contributed by atoms with Crippen molar-refractivity contribution in [1.82, 2.24) is 0 Å². The van der Waals surface area contributed by atoms with Gasteiger partial charge in [-0.3, -0.25) is 0 Å². The van der Waals surface area contributed by atoms with Gasteiger partial charge in [-0.25, -0.2) is 0 Å². The Labute approximate surface area is 242 Å². The van der Waals surface area contributed by atoms with E-state index in [9.17, 15) is 0 Å². The third kappa shape index (κ3) is 4.58. The molecule has 4 unspecified atom stereocenters. The molecule has 8 rings (SSSR count). The Balaban J connectivity index is 0.970. The molecule has 41 heavy (non-hydrogen) atoms. The summed E-state index contributed by atoms with van der Waals surface area (Å²) in [6, 6.07) is 21.8. The minimum atomic E-state index is -0.140. The summed E-state index contributed by atoms with van der Waals surface area (Å²) < 4.78 is 6.27. The maximum absolute atomic E-state index is 6.27. The van der Waals surface area contributed by atoms with Crippen LogP contribution in [0.2, 0.25) is 0 Å². The molecule has 3 aromatic carbocycles. The molecule has 4 atom stereocenters. The van der Waals surface area contributed by atoms with Crippen LogP contribution in [0.25, 0.3) is 17.7 Å². The van der Waals surface area contributed by atoms with Crippen molar-refractivity contribution in [1.29, 1.82) is 0 Å². The van der Waals surface area contributed by atoms with Gasteiger partial charge in [-0.05, 0) is 72.1 Å². The average molecular weight is 538 g/mol. The van der Waals surface area contributed by atoms with Crippen molar-refractivity contribution < 1.29 is 4.74 Å². The summed E-state index contributed by atoms with van der Waals surface area (Å²) in [4.78, 5) is 0. The summed E-state index contributed by atoms with van der Waals surface area (Å²) in [7, 11) is 0. The summed E-state index contributed by atoms with van der Waals surface area (Å²) in [6.07, 6.45) is 24.6. The normalized spacial score (nSPS) is 25.4. The minimum absolute atomic E-state index is 0.140. The fourth-order valence-electron chi connectivity index (χ4n) is 6.77. The van der Waals surface area contributed by atoms with Gasteiger partial charge >= 0.3 is 0 Å². The summed E-state index contributed by atoms with van der Waals surface area (Å²) in [5, 5.41) is 11.3. The van der Waals surface area contributed by atoms with Crippen LogP contribution in [-0.4, -0.2) is 12.1 Å². The third-order valence-corrected chi connectivity index (χ3v) is 9.10. The Bertz CT molecular complexity index is 1640. The molecule has 0 amide bonds. The Hall–Kier alpha value is -4.44. The second-order valence-electron chi connectivity index (χ2n) is 11.7. The zero-order chi connectivity index (χ0) is 27.2. The van der Waals surface area contributed by atoms with Gasteiger partial charge in [0.25, 0.3) is 0 Å². The summed E-state index contributed by atoms with van der Waals surface area (Å²) >= 11 is 0. The molecule has 5 aliphatic rings. The van der Waals surface area contributed by atoms with Gasteiger partial charge in [-0.2, -0.15) is 0 Å². The van der Waals surface area contributed by atoms with Crippen molar-refractivity contribution in [2.75, 3.05) is 16.0 Å². The number of fused-ring (bicyclic) bond motifs is 4. The molecule has 0 fully saturated rings. The third-order valence-electron chi connectivity index (χ3n) is 9.10. The monoisotopic (exact) mass is 537 g/mol. The lowest BCUT2D eigenvalue weighted by molar-refractivity contribution is 0.260. The molecule has 3 aromatic rings. The van der Waals surface area contributed by atoms with Crippen molar-refractivity contribution in [3.63, 3.8) is 0 Å². The van der Waals surface area contributed by atoms with E-state index in [1.165, 1.54) is 64.9 Å². The minimum Gasteiger partial charge on any atom is -0.464 e. The fourth-order valence-corrected chi connectivity index (χ4v) is 6.77.